The Kier molecular flexibility index (Phi) is 5.92. The molecule has 0 radical (unpaired) electrons. The normalized spacial score (nSPS) is 26.7. The van der Waals surface area contributed by atoms with Gasteiger partial charge in [0.15, 0.2) is 0 Å². The molecule has 0 saturated carbocycles. The smallest absolute Gasteiger partial charge is 0.0997 e. The van der Waals surface area contributed by atoms with E-state index >= 15 is 0 Å². The average Bonchev–Trinajstić information content (AvgIpc) is 2.83. The van der Waals surface area contributed by atoms with E-state index < -0.39 is 0 Å². The Morgan fingerprint density at radius 3 is 2.05 bits per heavy atom. The van der Waals surface area contributed by atoms with Crippen molar-refractivity contribution in [2.24, 2.45) is 5.92 Å². The third-order valence-corrected chi connectivity index (χ3v) is 4.89. The first-order chi connectivity index (χ1) is 10.1. The number of likely N-dealkylation sites (tertiary alicyclic amines) is 1. The Balaban J connectivity index is 1.67. The summed E-state index contributed by atoms with van der Waals surface area (Å²) in [6, 6.07) is 0. The van der Waals surface area contributed by atoms with Gasteiger partial charge in [0.2, 0.25) is 0 Å². The van der Waals surface area contributed by atoms with Gasteiger partial charge >= 0.3 is 0 Å². The molecule has 2 aliphatic rings. The third kappa shape index (κ3) is 5.80. The molecule has 2 heterocycles. The van der Waals surface area contributed by atoms with Gasteiger partial charge in [-0.15, -0.1) is 0 Å². The van der Waals surface area contributed by atoms with E-state index in [1.54, 1.807) is 0 Å². The monoisotopic (exact) mass is 311 g/mol. The highest BCUT2D eigenvalue weighted by molar-refractivity contribution is 4.84. The van der Waals surface area contributed by atoms with Crippen molar-refractivity contribution in [1.29, 1.82) is 0 Å². The first-order valence-electron chi connectivity index (χ1n) is 8.97. The molecule has 0 spiro atoms. The summed E-state index contributed by atoms with van der Waals surface area (Å²) < 4.78 is 5.91. The Hall–Kier alpha value is -0.160. The standard InChI is InChI=1S/C18H37N3O/c1-17(2,3)21-11-9-19(10-12-21)13-16-7-8-20(14-16)15-22-18(4,5)6/h16H,7-15H2,1-6H3. The van der Waals surface area contributed by atoms with Gasteiger partial charge in [-0.25, -0.2) is 0 Å². The first-order valence-corrected chi connectivity index (χ1v) is 8.97. The van der Waals surface area contributed by atoms with Crippen molar-refractivity contribution >= 4 is 0 Å². The number of hydrogen-bond donors (Lipinski definition) is 0. The van der Waals surface area contributed by atoms with E-state index in [0.717, 1.165) is 12.6 Å². The first kappa shape index (κ1) is 18.2. The van der Waals surface area contributed by atoms with Crippen molar-refractivity contribution in [1.82, 2.24) is 14.7 Å². The Bertz CT molecular complexity index is 337. The largest absolute Gasteiger partial charge is 0.360 e. The van der Waals surface area contributed by atoms with Crippen LogP contribution in [0.25, 0.3) is 0 Å². The Morgan fingerprint density at radius 1 is 0.864 bits per heavy atom. The van der Waals surface area contributed by atoms with Gasteiger partial charge < -0.3 is 9.64 Å². The van der Waals surface area contributed by atoms with Crippen LogP contribution in [0.3, 0.4) is 0 Å². The molecule has 4 heteroatoms. The zero-order valence-electron chi connectivity index (χ0n) is 15.7. The van der Waals surface area contributed by atoms with E-state index in [1.165, 1.54) is 52.2 Å². The van der Waals surface area contributed by atoms with E-state index in [9.17, 15) is 0 Å². The van der Waals surface area contributed by atoms with Crippen LogP contribution >= 0.6 is 0 Å². The number of hydrogen-bond acceptors (Lipinski definition) is 4. The second kappa shape index (κ2) is 7.16. The van der Waals surface area contributed by atoms with Crippen molar-refractivity contribution < 1.29 is 4.74 Å². The predicted octanol–water partition coefficient (Wildman–Crippen LogP) is 2.50. The highest BCUT2D eigenvalue weighted by Gasteiger charge is 2.29. The van der Waals surface area contributed by atoms with Gasteiger partial charge in [0.05, 0.1) is 12.3 Å². The van der Waals surface area contributed by atoms with Crippen LogP contribution in [0.2, 0.25) is 0 Å². The summed E-state index contributed by atoms with van der Waals surface area (Å²) in [4.78, 5) is 7.75. The lowest BCUT2D eigenvalue weighted by atomic mass is 10.0. The summed E-state index contributed by atoms with van der Waals surface area (Å²) in [6.45, 7) is 22.7. The molecule has 2 aliphatic heterocycles. The van der Waals surface area contributed by atoms with Crippen LogP contribution in [0.4, 0.5) is 0 Å². The molecule has 0 aliphatic carbocycles. The second-order valence-corrected chi connectivity index (χ2v) is 9.08. The molecule has 4 nitrogen and oxygen atoms in total. The Labute approximate surface area is 137 Å². The summed E-state index contributed by atoms with van der Waals surface area (Å²) >= 11 is 0. The molecular formula is C18H37N3O. The number of rotatable bonds is 4. The molecule has 0 aromatic heterocycles. The lowest BCUT2D eigenvalue weighted by Gasteiger charge is -2.42. The maximum absolute atomic E-state index is 5.91. The molecule has 0 aromatic rings. The van der Waals surface area contributed by atoms with Crippen LogP contribution in [0.1, 0.15) is 48.0 Å². The lowest BCUT2D eigenvalue weighted by molar-refractivity contribution is -0.0580. The van der Waals surface area contributed by atoms with Gasteiger partial charge in [-0.3, -0.25) is 9.80 Å². The number of ether oxygens (including phenoxy) is 1. The van der Waals surface area contributed by atoms with Gasteiger partial charge in [0, 0.05) is 51.4 Å². The third-order valence-electron chi connectivity index (χ3n) is 4.89. The molecule has 130 valence electrons. The molecule has 0 N–H and O–H groups in total. The summed E-state index contributed by atoms with van der Waals surface area (Å²) in [7, 11) is 0. The van der Waals surface area contributed by atoms with E-state index in [4.69, 9.17) is 4.74 Å². The van der Waals surface area contributed by atoms with Gasteiger partial charge in [-0.2, -0.15) is 0 Å². The van der Waals surface area contributed by atoms with E-state index in [2.05, 4.69) is 56.2 Å². The summed E-state index contributed by atoms with van der Waals surface area (Å²) in [5, 5.41) is 0. The topological polar surface area (TPSA) is 19.0 Å². The molecule has 22 heavy (non-hydrogen) atoms. The highest BCUT2D eigenvalue weighted by Crippen LogP contribution is 2.21. The molecule has 1 atom stereocenters. The summed E-state index contributed by atoms with van der Waals surface area (Å²) in [6.07, 6.45) is 1.33. The van der Waals surface area contributed by atoms with Gasteiger partial charge in [-0.05, 0) is 53.9 Å². The van der Waals surface area contributed by atoms with Crippen molar-refractivity contribution in [2.45, 2.75) is 59.1 Å². The van der Waals surface area contributed by atoms with Crippen LogP contribution in [0, 0.1) is 5.92 Å². The number of piperazine rings is 1. The fourth-order valence-electron chi connectivity index (χ4n) is 3.43. The van der Waals surface area contributed by atoms with Gasteiger partial charge in [0.25, 0.3) is 0 Å². The second-order valence-electron chi connectivity index (χ2n) is 9.08. The summed E-state index contributed by atoms with van der Waals surface area (Å²) in [5.41, 5.74) is 0.294. The van der Waals surface area contributed by atoms with Crippen LogP contribution in [0.5, 0.6) is 0 Å². The Morgan fingerprint density at radius 2 is 1.50 bits per heavy atom. The van der Waals surface area contributed by atoms with Crippen LogP contribution < -0.4 is 0 Å². The molecule has 1 unspecified atom stereocenters. The zero-order chi connectivity index (χ0) is 16.4. The quantitative estimate of drug-likeness (QED) is 0.794. The van der Waals surface area contributed by atoms with Crippen molar-refractivity contribution in [3.63, 3.8) is 0 Å². The fourth-order valence-corrected chi connectivity index (χ4v) is 3.43. The maximum atomic E-state index is 5.91. The molecule has 0 aromatic carbocycles. The maximum Gasteiger partial charge on any atom is 0.0997 e. The minimum Gasteiger partial charge on any atom is -0.360 e. The molecule has 0 amide bonds. The highest BCUT2D eigenvalue weighted by atomic mass is 16.5. The number of nitrogens with zero attached hydrogens (tertiary/aromatic N) is 3. The minimum atomic E-state index is -0.0264. The van der Waals surface area contributed by atoms with E-state index in [1.807, 2.05) is 0 Å². The summed E-state index contributed by atoms with van der Waals surface area (Å²) in [5.74, 6) is 0.824. The lowest BCUT2D eigenvalue weighted by Crippen LogP contribution is -2.54. The predicted molar refractivity (Wildman–Crippen MR) is 93.2 cm³/mol. The van der Waals surface area contributed by atoms with Crippen molar-refractivity contribution in [3.05, 3.63) is 0 Å². The molecule has 2 saturated heterocycles. The van der Waals surface area contributed by atoms with Crippen molar-refractivity contribution in [2.75, 3.05) is 52.5 Å². The zero-order valence-corrected chi connectivity index (χ0v) is 15.7. The minimum absolute atomic E-state index is 0.0264. The van der Waals surface area contributed by atoms with Gasteiger partial charge in [0.1, 0.15) is 0 Å². The molecule has 0 bridgehead atoms. The molecule has 2 fully saturated rings. The average molecular weight is 312 g/mol. The molecular weight excluding hydrogens is 274 g/mol. The van der Waals surface area contributed by atoms with Gasteiger partial charge in [-0.1, -0.05) is 0 Å². The van der Waals surface area contributed by atoms with Crippen LogP contribution in [0.15, 0.2) is 0 Å². The van der Waals surface area contributed by atoms with Crippen LogP contribution in [-0.4, -0.2) is 78.4 Å². The van der Waals surface area contributed by atoms with Crippen LogP contribution in [-0.2, 0) is 4.74 Å². The van der Waals surface area contributed by atoms with E-state index in [-0.39, 0.29) is 5.60 Å². The molecule has 2 rings (SSSR count). The van der Waals surface area contributed by atoms with Crippen molar-refractivity contribution in [3.8, 4) is 0 Å². The van der Waals surface area contributed by atoms with E-state index in [0.29, 0.717) is 5.54 Å². The fraction of sp³-hybridized carbons (Fsp3) is 1.00. The SMILES string of the molecule is CC(C)(C)OCN1CCC(CN2CCN(C(C)(C)C)CC2)C1.